The Morgan fingerprint density at radius 2 is 2.00 bits per heavy atom. The van der Waals surface area contributed by atoms with E-state index < -0.39 is 0 Å². The summed E-state index contributed by atoms with van der Waals surface area (Å²) in [5.74, 6) is 1.35. The van der Waals surface area contributed by atoms with Gasteiger partial charge in [0.2, 0.25) is 0 Å². The summed E-state index contributed by atoms with van der Waals surface area (Å²) >= 11 is 0. The van der Waals surface area contributed by atoms with Gasteiger partial charge in [-0.25, -0.2) is 0 Å². The van der Waals surface area contributed by atoms with Gasteiger partial charge in [-0.05, 0) is 30.3 Å². The van der Waals surface area contributed by atoms with Gasteiger partial charge in [0.25, 0.3) is 0 Å². The van der Waals surface area contributed by atoms with Crippen LogP contribution in [0.2, 0.25) is 0 Å². The second-order valence-corrected chi connectivity index (χ2v) is 4.29. The lowest BCUT2D eigenvalue weighted by Crippen LogP contribution is -2.11. The van der Waals surface area contributed by atoms with E-state index >= 15 is 0 Å². The van der Waals surface area contributed by atoms with Gasteiger partial charge in [-0.15, -0.1) is 0 Å². The molecule has 2 aliphatic rings. The molecule has 2 atom stereocenters. The van der Waals surface area contributed by atoms with Gasteiger partial charge in [-0.3, -0.25) is 0 Å². The minimum atomic E-state index is 0.667. The summed E-state index contributed by atoms with van der Waals surface area (Å²) in [4.78, 5) is 0. The summed E-state index contributed by atoms with van der Waals surface area (Å²) < 4.78 is 0. The molecule has 0 aliphatic heterocycles. The van der Waals surface area contributed by atoms with Crippen molar-refractivity contribution in [3.05, 3.63) is 47.6 Å². The first kappa shape index (κ1) is 9.51. The minimum absolute atomic E-state index is 0.667. The summed E-state index contributed by atoms with van der Waals surface area (Å²) in [6.45, 7) is 4.68. The average molecular weight is 186 g/mol. The molecule has 2 unspecified atom stereocenters. The summed E-state index contributed by atoms with van der Waals surface area (Å²) in [6, 6.07) is 0. The van der Waals surface area contributed by atoms with Crippen molar-refractivity contribution in [2.24, 2.45) is 11.8 Å². The smallest absolute Gasteiger partial charge is 0.0130 e. The Bertz CT molecular complexity index is 326. The quantitative estimate of drug-likeness (QED) is 0.624. The van der Waals surface area contributed by atoms with Crippen molar-refractivity contribution < 1.29 is 0 Å². The fraction of sp³-hybridized carbons (Fsp3) is 0.429. The molecule has 0 saturated heterocycles. The molecule has 0 aromatic rings. The van der Waals surface area contributed by atoms with Gasteiger partial charge in [-0.1, -0.05) is 55.9 Å². The Balaban J connectivity index is 2.04. The first-order chi connectivity index (χ1) is 6.79. The van der Waals surface area contributed by atoms with Crippen LogP contribution in [0.5, 0.6) is 0 Å². The van der Waals surface area contributed by atoms with E-state index in [1.165, 1.54) is 5.57 Å². The molecule has 0 heterocycles. The Kier molecular flexibility index (Phi) is 2.72. The summed E-state index contributed by atoms with van der Waals surface area (Å²) in [6.07, 6.45) is 15.9. The highest BCUT2D eigenvalue weighted by Crippen LogP contribution is 2.32. The molecule has 0 heteroatoms. The van der Waals surface area contributed by atoms with E-state index in [0.717, 1.165) is 12.8 Å². The van der Waals surface area contributed by atoms with E-state index in [0.29, 0.717) is 11.8 Å². The summed E-state index contributed by atoms with van der Waals surface area (Å²) in [7, 11) is 0. The van der Waals surface area contributed by atoms with Gasteiger partial charge < -0.3 is 0 Å². The molecule has 14 heavy (non-hydrogen) atoms. The molecule has 0 nitrogen and oxygen atoms in total. The lowest BCUT2D eigenvalue weighted by molar-refractivity contribution is 0.507. The number of allylic oxidation sites excluding steroid dienone is 8. The van der Waals surface area contributed by atoms with Gasteiger partial charge in [0.05, 0.1) is 0 Å². The molecule has 2 aliphatic carbocycles. The number of hydrogen-bond donors (Lipinski definition) is 0. The van der Waals surface area contributed by atoms with Crippen molar-refractivity contribution in [3.8, 4) is 0 Å². The topological polar surface area (TPSA) is 0 Å². The molecule has 0 bridgehead atoms. The van der Waals surface area contributed by atoms with Crippen molar-refractivity contribution in [1.82, 2.24) is 0 Å². The molecule has 0 saturated carbocycles. The van der Waals surface area contributed by atoms with Gasteiger partial charge in [0, 0.05) is 0 Å². The van der Waals surface area contributed by atoms with Crippen LogP contribution in [0.25, 0.3) is 0 Å². The van der Waals surface area contributed by atoms with Crippen LogP contribution in [0.3, 0.4) is 0 Å². The fourth-order valence-electron chi connectivity index (χ4n) is 2.23. The summed E-state index contributed by atoms with van der Waals surface area (Å²) in [5.41, 5.74) is 3.10. The van der Waals surface area contributed by atoms with Crippen LogP contribution in [0.4, 0.5) is 0 Å². The zero-order valence-corrected chi connectivity index (χ0v) is 9.03. The zero-order chi connectivity index (χ0) is 9.97. The van der Waals surface area contributed by atoms with Crippen LogP contribution in [-0.4, -0.2) is 0 Å². The molecule has 0 N–H and O–H groups in total. The van der Waals surface area contributed by atoms with E-state index in [4.69, 9.17) is 0 Å². The Morgan fingerprint density at radius 1 is 1.14 bits per heavy atom. The molecule has 0 aromatic carbocycles. The molecular formula is C14H18. The molecular weight excluding hydrogens is 168 g/mol. The van der Waals surface area contributed by atoms with Crippen molar-refractivity contribution in [1.29, 1.82) is 0 Å². The maximum atomic E-state index is 2.35. The second kappa shape index (κ2) is 4.00. The third kappa shape index (κ3) is 1.75. The van der Waals surface area contributed by atoms with Gasteiger partial charge in [-0.2, -0.15) is 0 Å². The van der Waals surface area contributed by atoms with Crippen molar-refractivity contribution in [3.63, 3.8) is 0 Å². The van der Waals surface area contributed by atoms with E-state index in [9.17, 15) is 0 Å². The summed E-state index contributed by atoms with van der Waals surface area (Å²) in [5, 5.41) is 0. The molecule has 0 spiro atoms. The number of hydrogen-bond acceptors (Lipinski definition) is 0. The Hall–Kier alpha value is -1.04. The first-order valence-corrected chi connectivity index (χ1v) is 5.51. The lowest BCUT2D eigenvalue weighted by Gasteiger charge is -2.21. The maximum Gasteiger partial charge on any atom is -0.0130 e. The van der Waals surface area contributed by atoms with Crippen LogP contribution in [-0.2, 0) is 0 Å². The van der Waals surface area contributed by atoms with Crippen LogP contribution >= 0.6 is 0 Å². The Labute approximate surface area is 86.7 Å². The standard InChI is InChI=1S/C14H18/c1-11(13-7-3-4-8-13)12(2)14-9-5-6-10-14/h3-5,7,9-12H,6,8H2,1-2H3. The molecule has 0 aromatic heterocycles. The maximum absolute atomic E-state index is 2.35. The van der Waals surface area contributed by atoms with Crippen molar-refractivity contribution >= 4 is 0 Å². The molecule has 2 rings (SSSR count). The predicted molar refractivity (Wildman–Crippen MR) is 62.0 cm³/mol. The molecule has 0 amide bonds. The number of rotatable bonds is 3. The SMILES string of the molecule is CC(C1=CCC=C1)C(C)C1=CC=CC1. The first-order valence-electron chi connectivity index (χ1n) is 5.51. The van der Waals surface area contributed by atoms with Crippen LogP contribution in [0.1, 0.15) is 26.7 Å². The fourth-order valence-corrected chi connectivity index (χ4v) is 2.23. The lowest BCUT2D eigenvalue weighted by atomic mass is 9.83. The average Bonchev–Trinajstić information content (AvgIpc) is 2.87. The second-order valence-electron chi connectivity index (χ2n) is 4.29. The van der Waals surface area contributed by atoms with Crippen LogP contribution in [0.15, 0.2) is 47.6 Å². The van der Waals surface area contributed by atoms with E-state index in [1.54, 1.807) is 5.57 Å². The van der Waals surface area contributed by atoms with E-state index in [1.807, 2.05) is 0 Å². The highest BCUT2D eigenvalue weighted by molar-refractivity contribution is 5.32. The van der Waals surface area contributed by atoms with E-state index in [2.05, 4.69) is 50.3 Å². The van der Waals surface area contributed by atoms with Crippen LogP contribution in [0, 0.1) is 11.8 Å². The van der Waals surface area contributed by atoms with Gasteiger partial charge in [0.1, 0.15) is 0 Å². The third-order valence-electron chi connectivity index (χ3n) is 3.46. The highest BCUT2D eigenvalue weighted by Gasteiger charge is 2.19. The highest BCUT2D eigenvalue weighted by atomic mass is 14.2. The molecule has 74 valence electrons. The largest absolute Gasteiger partial charge is 0.0805 e. The predicted octanol–water partition coefficient (Wildman–Crippen LogP) is 4.03. The molecule has 0 fully saturated rings. The minimum Gasteiger partial charge on any atom is -0.0805 e. The van der Waals surface area contributed by atoms with E-state index in [-0.39, 0.29) is 0 Å². The van der Waals surface area contributed by atoms with Crippen molar-refractivity contribution in [2.45, 2.75) is 26.7 Å². The third-order valence-corrected chi connectivity index (χ3v) is 3.46. The molecule has 0 radical (unpaired) electrons. The zero-order valence-electron chi connectivity index (χ0n) is 9.03. The van der Waals surface area contributed by atoms with Gasteiger partial charge in [0.15, 0.2) is 0 Å². The monoisotopic (exact) mass is 186 g/mol. The van der Waals surface area contributed by atoms with Crippen LogP contribution < -0.4 is 0 Å². The normalized spacial score (nSPS) is 23.6. The Morgan fingerprint density at radius 3 is 2.57 bits per heavy atom. The van der Waals surface area contributed by atoms with Crippen molar-refractivity contribution in [2.75, 3.05) is 0 Å². The van der Waals surface area contributed by atoms with Gasteiger partial charge >= 0.3 is 0 Å².